The molecule has 0 aliphatic rings. The summed E-state index contributed by atoms with van der Waals surface area (Å²) >= 11 is 0. The molecule has 0 saturated heterocycles. The van der Waals surface area contributed by atoms with E-state index in [1.807, 2.05) is 6.92 Å². The van der Waals surface area contributed by atoms with E-state index in [0.717, 1.165) is 12.8 Å². The Morgan fingerprint density at radius 2 is 2.29 bits per heavy atom. The van der Waals surface area contributed by atoms with Gasteiger partial charge in [0, 0.05) is 0 Å². The number of unbranched alkanes of at least 4 members (excludes halogenated alkanes) is 2. The van der Waals surface area contributed by atoms with Gasteiger partial charge in [-0.05, 0) is 19.8 Å². The molecule has 1 N–H and O–H groups in total. The summed E-state index contributed by atoms with van der Waals surface area (Å²) < 4.78 is 5.05. The van der Waals surface area contributed by atoms with Crippen LogP contribution in [0, 0.1) is 12.3 Å². The molecule has 0 spiro atoms. The number of hydrogen-bond acceptors (Lipinski definition) is 2. The van der Waals surface area contributed by atoms with Crippen LogP contribution in [0.3, 0.4) is 0 Å². The lowest BCUT2D eigenvalue weighted by Crippen LogP contribution is -2.28. The average molecular weight is 197 g/mol. The summed E-state index contributed by atoms with van der Waals surface area (Å²) in [4.78, 5) is 11.0. The molecule has 0 saturated carbocycles. The fourth-order valence-corrected chi connectivity index (χ4v) is 1.09. The van der Waals surface area contributed by atoms with E-state index in [2.05, 4.69) is 18.2 Å². The third-order valence-corrected chi connectivity index (χ3v) is 1.86. The predicted molar refractivity (Wildman–Crippen MR) is 56.9 cm³/mol. The minimum absolute atomic E-state index is 0.0284. The Kier molecular flexibility index (Phi) is 7.72. The molecular weight excluding hydrogens is 178 g/mol. The average Bonchev–Trinajstić information content (AvgIpc) is 2.15. The highest BCUT2D eigenvalue weighted by atomic mass is 16.6. The van der Waals surface area contributed by atoms with Gasteiger partial charge < -0.3 is 10.1 Å². The molecule has 0 aromatic carbocycles. The molecule has 0 fully saturated rings. The zero-order chi connectivity index (χ0) is 10.8. The molecule has 0 rings (SSSR count). The van der Waals surface area contributed by atoms with Crippen molar-refractivity contribution in [3.05, 3.63) is 0 Å². The Morgan fingerprint density at radius 1 is 1.57 bits per heavy atom. The van der Waals surface area contributed by atoms with Crippen LogP contribution in [0.5, 0.6) is 0 Å². The van der Waals surface area contributed by atoms with Crippen LogP contribution in [0.15, 0.2) is 0 Å². The second kappa shape index (κ2) is 8.43. The number of terminal acetylenes is 1. The Bertz CT molecular complexity index is 196. The van der Waals surface area contributed by atoms with Gasteiger partial charge in [0.25, 0.3) is 0 Å². The fourth-order valence-electron chi connectivity index (χ4n) is 1.09. The Balaban J connectivity index is 3.46. The molecule has 0 radical (unpaired) electrons. The molecule has 80 valence electrons. The summed E-state index contributed by atoms with van der Waals surface area (Å²) in [5.41, 5.74) is 0. The Hall–Kier alpha value is -1.17. The third-order valence-electron chi connectivity index (χ3n) is 1.86. The molecule has 0 unspecified atom stereocenters. The van der Waals surface area contributed by atoms with E-state index in [-0.39, 0.29) is 12.6 Å². The Morgan fingerprint density at radius 3 is 2.86 bits per heavy atom. The van der Waals surface area contributed by atoms with Gasteiger partial charge in [-0.25, -0.2) is 4.79 Å². The van der Waals surface area contributed by atoms with E-state index in [1.54, 1.807) is 0 Å². The van der Waals surface area contributed by atoms with Crippen LogP contribution in [-0.4, -0.2) is 18.7 Å². The molecule has 0 heterocycles. The summed E-state index contributed by atoms with van der Waals surface area (Å²) in [7, 11) is 0. The van der Waals surface area contributed by atoms with Crippen LogP contribution in [0.25, 0.3) is 0 Å². The highest BCUT2D eigenvalue weighted by Gasteiger charge is 2.07. The lowest BCUT2D eigenvalue weighted by molar-refractivity contribution is 0.102. The normalized spacial score (nSPS) is 11.5. The van der Waals surface area contributed by atoms with E-state index in [9.17, 15) is 4.79 Å². The number of nitrogens with one attached hydrogen (secondary N) is 1. The minimum Gasteiger partial charge on any atom is -0.447 e. The van der Waals surface area contributed by atoms with Gasteiger partial charge in [0.2, 0.25) is 0 Å². The highest BCUT2D eigenvalue weighted by molar-refractivity contribution is 5.67. The molecule has 0 aromatic rings. The van der Waals surface area contributed by atoms with Crippen LogP contribution in [-0.2, 0) is 4.74 Å². The van der Waals surface area contributed by atoms with Crippen LogP contribution in [0.4, 0.5) is 4.79 Å². The number of rotatable bonds is 6. The summed E-state index contributed by atoms with van der Waals surface area (Å²) in [6.45, 7) is 4.26. The van der Waals surface area contributed by atoms with Crippen LogP contribution < -0.4 is 5.32 Å². The summed E-state index contributed by atoms with van der Waals surface area (Å²) in [6.07, 6.45) is 8.90. The number of carbonyl (C=O) groups is 1. The lowest BCUT2D eigenvalue weighted by Gasteiger charge is -2.12. The van der Waals surface area contributed by atoms with Gasteiger partial charge in [0.1, 0.15) is 6.10 Å². The molecule has 0 bridgehead atoms. The summed E-state index contributed by atoms with van der Waals surface area (Å²) in [6, 6.07) is 0. The van der Waals surface area contributed by atoms with E-state index < -0.39 is 6.09 Å². The zero-order valence-corrected chi connectivity index (χ0v) is 9.01. The zero-order valence-electron chi connectivity index (χ0n) is 9.01. The quantitative estimate of drug-likeness (QED) is 0.524. The van der Waals surface area contributed by atoms with Gasteiger partial charge in [-0.15, -0.1) is 6.42 Å². The van der Waals surface area contributed by atoms with Crippen molar-refractivity contribution in [2.24, 2.45) is 0 Å². The number of ether oxygens (including phenoxy) is 1. The van der Waals surface area contributed by atoms with Gasteiger partial charge in [-0.1, -0.05) is 25.7 Å². The largest absolute Gasteiger partial charge is 0.447 e. The molecule has 1 atom stereocenters. The van der Waals surface area contributed by atoms with Crippen molar-refractivity contribution in [3.8, 4) is 12.3 Å². The van der Waals surface area contributed by atoms with E-state index in [4.69, 9.17) is 11.2 Å². The van der Waals surface area contributed by atoms with Gasteiger partial charge in [0.05, 0.1) is 6.54 Å². The third kappa shape index (κ3) is 7.48. The first-order valence-corrected chi connectivity index (χ1v) is 5.08. The van der Waals surface area contributed by atoms with Crippen molar-refractivity contribution < 1.29 is 9.53 Å². The topological polar surface area (TPSA) is 38.3 Å². The molecule has 3 nitrogen and oxygen atoms in total. The highest BCUT2D eigenvalue weighted by Crippen LogP contribution is 2.05. The minimum atomic E-state index is -0.424. The van der Waals surface area contributed by atoms with E-state index in [1.165, 1.54) is 12.8 Å². The first-order valence-electron chi connectivity index (χ1n) is 5.08. The van der Waals surface area contributed by atoms with Crippen molar-refractivity contribution in [1.82, 2.24) is 5.32 Å². The smallest absolute Gasteiger partial charge is 0.408 e. The molecule has 1 amide bonds. The van der Waals surface area contributed by atoms with E-state index in [0.29, 0.717) is 0 Å². The summed E-state index contributed by atoms with van der Waals surface area (Å²) in [5.74, 6) is 2.31. The monoisotopic (exact) mass is 197 g/mol. The molecular formula is C11H19NO2. The predicted octanol–water partition coefficient (Wildman–Crippen LogP) is 2.31. The molecule has 0 aliphatic carbocycles. The van der Waals surface area contributed by atoms with Crippen LogP contribution in [0.2, 0.25) is 0 Å². The molecule has 14 heavy (non-hydrogen) atoms. The second-order valence-electron chi connectivity index (χ2n) is 3.27. The van der Waals surface area contributed by atoms with Crippen molar-refractivity contribution in [2.45, 2.75) is 45.6 Å². The molecule has 0 aliphatic heterocycles. The van der Waals surface area contributed by atoms with Gasteiger partial charge in [-0.3, -0.25) is 0 Å². The molecule has 0 aromatic heterocycles. The lowest BCUT2D eigenvalue weighted by atomic mass is 10.1. The maximum Gasteiger partial charge on any atom is 0.408 e. The van der Waals surface area contributed by atoms with Crippen molar-refractivity contribution in [1.29, 1.82) is 0 Å². The number of hydrogen-bond donors (Lipinski definition) is 1. The SMILES string of the molecule is C#CCNC(=O)O[C@@H](C)CCCCC. The van der Waals surface area contributed by atoms with E-state index >= 15 is 0 Å². The first kappa shape index (κ1) is 12.8. The van der Waals surface area contributed by atoms with Crippen molar-refractivity contribution >= 4 is 6.09 Å². The van der Waals surface area contributed by atoms with Gasteiger partial charge in [0.15, 0.2) is 0 Å². The van der Waals surface area contributed by atoms with Crippen molar-refractivity contribution in [2.75, 3.05) is 6.54 Å². The number of alkyl carbamates (subject to hydrolysis) is 1. The fraction of sp³-hybridized carbons (Fsp3) is 0.727. The second-order valence-corrected chi connectivity index (χ2v) is 3.27. The maximum absolute atomic E-state index is 11.0. The Labute approximate surface area is 86.2 Å². The standard InChI is InChI=1S/C11H19NO2/c1-4-6-7-8-10(3)14-11(13)12-9-5-2/h2,10H,4,6-9H2,1,3H3,(H,12,13)/t10-/m0/s1. The van der Waals surface area contributed by atoms with Crippen LogP contribution >= 0.6 is 0 Å². The maximum atomic E-state index is 11.0. The molecule has 3 heteroatoms. The van der Waals surface area contributed by atoms with Crippen molar-refractivity contribution in [3.63, 3.8) is 0 Å². The van der Waals surface area contributed by atoms with Gasteiger partial charge in [-0.2, -0.15) is 0 Å². The van der Waals surface area contributed by atoms with Crippen LogP contribution in [0.1, 0.15) is 39.5 Å². The summed E-state index contributed by atoms with van der Waals surface area (Å²) in [5, 5.41) is 2.46. The number of carbonyl (C=O) groups excluding carboxylic acids is 1. The first-order chi connectivity index (χ1) is 6.70. The van der Waals surface area contributed by atoms with Gasteiger partial charge >= 0.3 is 6.09 Å². The number of amides is 1.